The first-order valence-corrected chi connectivity index (χ1v) is 12.3. The van der Waals surface area contributed by atoms with E-state index in [1.807, 2.05) is 57.3 Å². The molecule has 0 bridgehead atoms. The van der Waals surface area contributed by atoms with E-state index in [0.717, 1.165) is 23.1 Å². The number of aromatic amines is 1. The number of nitrogens with zero attached hydrogens (tertiary/aromatic N) is 6. The second-order valence-electron chi connectivity index (χ2n) is 8.14. The number of benzene rings is 1. The molecular weight excluding hydrogens is 509 g/mol. The topological polar surface area (TPSA) is 116 Å². The lowest BCUT2D eigenvalue weighted by Gasteiger charge is -2.21. The van der Waals surface area contributed by atoms with Gasteiger partial charge in [0.15, 0.2) is 11.6 Å². The van der Waals surface area contributed by atoms with Crippen molar-refractivity contribution in [3.8, 4) is 0 Å². The first-order valence-electron chi connectivity index (χ1n) is 11.9. The second kappa shape index (κ2) is 14.6. The Bertz CT molecular complexity index is 1300. The standard InChI is InChI=1S/C22H25ClFN7O.C4H6N2/c1-4-31(9-10-32-3)21-20(24)14-26-22(29-21)30-27-13-17-7-8-18(12-25-17)28-16-6-5-15(2)19(23)11-16;1-4-2-5-6-3-4/h5-8,11-14,28H,4,9-10H2,1-3H3,(H,26,29,30);2-3H,1H3,(H,5,6)/b27-13+;. The number of anilines is 4. The van der Waals surface area contributed by atoms with Crippen LogP contribution in [-0.4, -0.2) is 58.2 Å². The fourth-order valence-electron chi connectivity index (χ4n) is 3.11. The number of nitrogens with one attached hydrogen (secondary N) is 3. The molecule has 0 fully saturated rings. The third-order valence-electron chi connectivity index (χ3n) is 5.22. The fourth-order valence-corrected chi connectivity index (χ4v) is 3.29. The number of aromatic nitrogens is 5. The van der Waals surface area contributed by atoms with Gasteiger partial charge in [0.2, 0.25) is 5.95 Å². The largest absolute Gasteiger partial charge is 0.383 e. The minimum Gasteiger partial charge on any atom is -0.383 e. The normalized spacial score (nSPS) is 10.7. The van der Waals surface area contributed by atoms with Gasteiger partial charge in [-0.3, -0.25) is 10.1 Å². The summed E-state index contributed by atoms with van der Waals surface area (Å²) >= 11 is 6.16. The molecule has 3 aromatic heterocycles. The first-order chi connectivity index (χ1) is 18.4. The zero-order chi connectivity index (χ0) is 27.3. The smallest absolute Gasteiger partial charge is 0.245 e. The van der Waals surface area contributed by atoms with E-state index in [0.29, 0.717) is 30.4 Å². The number of aryl methyl sites for hydroxylation is 2. The van der Waals surface area contributed by atoms with Crippen LogP contribution in [0.15, 0.2) is 60.2 Å². The molecule has 0 amide bonds. The zero-order valence-corrected chi connectivity index (χ0v) is 22.5. The summed E-state index contributed by atoms with van der Waals surface area (Å²) in [6.45, 7) is 7.42. The van der Waals surface area contributed by atoms with Gasteiger partial charge in [-0.2, -0.15) is 15.2 Å². The second-order valence-corrected chi connectivity index (χ2v) is 8.55. The molecule has 4 aromatic rings. The van der Waals surface area contributed by atoms with Gasteiger partial charge in [0.1, 0.15) is 0 Å². The first kappa shape index (κ1) is 28.5. The molecule has 3 N–H and O–H groups in total. The number of pyridine rings is 1. The SMILES string of the molecule is CCN(CCOC)c1nc(N/N=C/c2ccc(Nc3ccc(C)c(Cl)c3)cn2)ncc1F.Cc1cn[nH]c1. The highest BCUT2D eigenvalue weighted by Gasteiger charge is 2.13. The van der Waals surface area contributed by atoms with Gasteiger partial charge in [-0.05, 0) is 56.2 Å². The van der Waals surface area contributed by atoms with E-state index < -0.39 is 5.82 Å². The maximum atomic E-state index is 14.2. The highest BCUT2D eigenvalue weighted by atomic mass is 35.5. The fraction of sp³-hybridized carbons (Fsp3) is 0.269. The molecule has 0 aliphatic rings. The van der Waals surface area contributed by atoms with Crippen LogP contribution in [-0.2, 0) is 4.74 Å². The maximum absolute atomic E-state index is 14.2. The Hall–Kier alpha value is -4.09. The van der Waals surface area contributed by atoms with Crippen LogP contribution in [0.3, 0.4) is 0 Å². The number of halogens is 2. The number of rotatable bonds is 10. The van der Waals surface area contributed by atoms with E-state index in [-0.39, 0.29) is 11.8 Å². The van der Waals surface area contributed by atoms with Crippen molar-refractivity contribution in [1.29, 1.82) is 0 Å². The minimum atomic E-state index is -0.503. The molecule has 0 saturated carbocycles. The van der Waals surface area contributed by atoms with Gasteiger partial charge in [-0.1, -0.05) is 17.7 Å². The van der Waals surface area contributed by atoms with E-state index in [2.05, 4.69) is 41.0 Å². The number of methoxy groups -OCH3 is 1. The third kappa shape index (κ3) is 8.79. The Morgan fingerprint density at radius 2 is 1.95 bits per heavy atom. The van der Waals surface area contributed by atoms with Crippen LogP contribution in [0, 0.1) is 19.7 Å². The van der Waals surface area contributed by atoms with Crippen LogP contribution in [0.25, 0.3) is 0 Å². The molecule has 1 aromatic carbocycles. The number of hydrogen-bond acceptors (Lipinski definition) is 9. The van der Waals surface area contributed by atoms with Crippen LogP contribution in [0.4, 0.5) is 27.5 Å². The summed E-state index contributed by atoms with van der Waals surface area (Å²) in [7, 11) is 1.60. The summed E-state index contributed by atoms with van der Waals surface area (Å²) in [6.07, 6.45) is 7.96. The molecule has 0 saturated heterocycles. The predicted octanol–water partition coefficient (Wildman–Crippen LogP) is 5.35. The molecule has 10 nitrogen and oxygen atoms in total. The van der Waals surface area contributed by atoms with Gasteiger partial charge in [0.25, 0.3) is 0 Å². The molecular formula is C26H31ClFN9O. The minimum absolute atomic E-state index is 0.183. The molecule has 0 radical (unpaired) electrons. The highest BCUT2D eigenvalue weighted by molar-refractivity contribution is 6.31. The van der Waals surface area contributed by atoms with Gasteiger partial charge in [-0.15, -0.1) is 0 Å². The Balaban J connectivity index is 0.000000585. The van der Waals surface area contributed by atoms with Gasteiger partial charge in [-0.25, -0.2) is 14.8 Å². The summed E-state index contributed by atoms with van der Waals surface area (Å²) in [4.78, 5) is 14.3. The molecule has 0 aliphatic carbocycles. The van der Waals surface area contributed by atoms with Crippen molar-refractivity contribution in [3.05, 3.63) is 82.8 Å². The van der Waals surface area contributed by atoms with Crippen LogP contribution in [0.2, 0.25) is 5.02 Å². The lowest BCUT2D eigenvalue weighted by atomic mass is 10.2. The average Bonchev–Trinajstić information content (AvgIpc) is 3.40. The molecule has 0 unspecified atom stereocenters. The zero-order valence-electron chi connectivity index (χ0n) is 21.7. The number of hydrazone groups is 1. The average molecular weight is 540 g/mol. The molecule has 38 heavy (non-hydrogen) atoms. The molecule has 4 rings (SSSR count). The molecule has 200 valence electrons. The molecule has 0 aliphatic heterocycles. The van der Waals surface area contributed by atoms with Crippen molar-refractivity contribution in [2.45, 2.75) is 20.8 Å². The summed E-state index contributed by atoms with van der Waals surface area (Å²) in [6, 6.07) is 9.45. The van der Waals surface area contributed by atoms with Crippen molar-refractivity contribution < 1.29 is 9.13 Å². The van der Waals surface area contributed by atoms with E-state index in [1.165, 1.54) is 11.8 Å². The van der Waals surface area contributed by atoms with Crippen molar-refractivity contribution >= 4 is 41.0 Å². The van der Waals surface area contributed by atoms with Gasteiger partial charge >= 0.3 is 0 Å². The predicted molar refractivity (Wildman–Crippen MR) is 150 cm³/mol. The summed E-state index contributed by atoms with van der Waals surface area (Å²) < 4.78 is 19.2. The van der Waals surface area contributed by atoms with Crippen LogP contribution >= 0.6 is 11.6 Å². The number of likely N-dealkylation sites (N-methyl/N-ethyl adjacent to an activating group) is 1. The lowest BCUT2D eigenvalue weighted by molar-refractivity contribution is 0.205. The summed E-state index contributed by atoms with van der Waals surface area (Å²) in [5, 5.41) is 14.4. The molecule has 0 atom stereocenters. The van der Waals surface area contributed by atoms with Gasteiger partial charge < -0.3 is 15.0 Å². The molecule has 0 spiro atoms. The van der Waals surface area contributed by atoms with Gasteiger partial charge in [0, 0.05) is 37.1 Å². The van der Waals surface area contributed by atoms with Crippen molar-refractivity contribution in [2.75, 3.05) is 42.4 Å². The monoisotopic (exact) mass is 539 g/mol. The van der Waals surface area contributed by atoms with Crippen LogP contribution in [0.1, 0.15) is 23.7 Å². The number of ether oxygens (including phenoxy) is 1. The Morgan fingerprint density at radius 1 is 1.13 bits per heavy atom. The Labute approximate surface area is 226 Å². The quantitative estimate of drug-likeness (QED) is 0.182. The summed E-state index contributed by atoms with van der Waals surface area (Å²) in [5.41, 5.74) is 7.23. The van der Waals surface area contributed by atoms with Crippen molar-refractivity contribution in [1.82, 2.24) is 25.1 Å². The van der Waals surface area contributed by atoms with Crippen molar-refractivity contribution in [3.63, 3.8) is 0 Å². The van der Waals surface area contributed by atoms with E-state index in [9.17, 15) is 4.39 Å². The Kier molecular flexibility index (Phi) is 10.9. The van der Waals surface area contributed by atoms with E-state index in [4.69, 9.17) is 16.3 Å². The van der Waals surface area contributed by atoms with Crippen molar-refractivity contribution in [2.24, 2.45) is 5.10 Å². The van der Waals surface area contributed by atoms with Crippen LogP contribution in [0.5, 0.6) is 0 Å². The molecule has 3 heterocycles. The van der Waals surface area contributed by atoms with E-state index in [1.54, 1.807) is 24.4 Å². The van der Waals surface area contributed by atoms with Gasteiger partial charge in [0.05, 0.1) is 42.8 Å². The number of hydrogen-bond donors (Lipinski definition) is 3. The third-order valence-corrected chi connectivity index (χ3v) is 5.62. The molecule has 12 heteroatoms. The lowest BCUT2D eigenvalue weighted by Crippen LogP contribution is -2.29. The maximum Gasteiger partial charge on any atom is 0.245 e. The highest BCUT2D eigenvalue weighted by Crippen LogP contribution is 2.23. The van der Waals surface area contributed by atoms with E-state index >= 15 is 0 Å². The number of H-pyrrole nitrogens is 1. The Morgan fingerprint density at radius 3 is 2.55 bits per heavy atom. The van der Waals surface area contributed by atoms with Crippen LogP contribution < -0.4 is 15.6 Å². The summed E-state index contributed by atoms with van der Waals surface area (Å²) in [5.74, 6) is -0.123.